The summed E-state index contributed by atoms with van der Waals surface area (Å²) in [5, 5.41) is 0. The number of hydrogen-bond acceptors (Lipinski definition) is 1. The monoisotopic (exact) mass is 343 g/mol. The molecule has 0 spiro atoms. The van der Waals surface area contributed by atoms with Gasteiger partial charge in [0.15, 0.2) is 0 Å². The van der Waals surface area contributed by atoms with E-state index in [2.05, 4.69) is 68.4 Å². The molecule has 3 rings (SSSR count). The first-order chi connectivity index (χ1) is 12.7. The van der Waals surface area contributed by atoms with Gasteiger partial charge in [-0.25, -0.2) is 0 Å². The Morgan fingerprint density at radius 3 is 2.00 bits per heavy atom. The molecule has 0 bridgehead atoms. The third-order valence-corrected chi connectivity index (χ3v) is 5.06. The first kappa shape index (κ1) is 18.3. The molecule has 0 aliphatic heterocycles. The highest BCUT2D eigenvalue weighted by Gasteiger charge is 2.07. The minimum Gasteiger partial charge on any atom is -0.399 e. The van der Waals surface area contributed by atoms with Crippen molar-refractivity contribution in [2.45, 2.75) is 46.0 Å². The Kier molecular flexibility index (Phi) is 6.12. The zero-order valence-corrected chi connectivity index (χ0v) is 16.0. The van der Waals surface area contributed by atoms with Crippen molar-refractivity contribution in [3.8, 4) is 22.3 Å². The van der Waals surface area contributed by atoms with E-state index < -0.39 is 0 Å². The van der Waals surface area contributed by atoms with Crippen LogP contribution in [0.4, 0.5) is 5.69 Å². The quantitative estimate of drug-likeness (QED) is 0.366. The largest absolute Gasteiger partial charge is 0.399 e. The highest BCUT2D eigenvalue weighted by Crippen LogP contribution is 2.30. The van der Waals surface area contributed by atoms with Crippen LogP contribution in [0, 0.1) is 0 Å². The van der Waals surface area contributed by atoms with Crippen molar-refractivity contribution >= 4 is 5.69 Å². The second-order valence-corrected chi connectivity index (χ2v) is 7.00. The van der Waals surface area contributed by atoms with Gasteiger partial charge >= 0.3 is 0 Å². The molecular formula is C25H29N. The van der Waals surface area contributed by atoms with Gasteiger partial charge < -0.3 is 5.73 Å². The molecule has 0 radical (unpaired) electrons. The number of hydrogen-bond donors (Lipinski definition) is 1. The van der Waals surface area contributed by atoms with E-state index in [-0.39, 0.29) is 0 Å². The standard InChI is InChI=1S/C25H29N/c1-3-5-6-7-19-8-10-22(11-9-19)25-17-14-23(18-20(25)4-2)21-12-15-24(26)16-13-21/h8-18H,3-7,26H2,1-2H3. The molecule has 3 aromatic rings. The summed E-state index contributed by atoms with van der Waals surface area (Å²) in [6, 6.07) is 24.0. The Morgan fingerprint density at radius 2 is 1.35 bits per heavy atom. The first-order valence-corrected chi connectivity index (χ1v) is 9.79. The molecule has 0 aliphatic rings. The fourth-order valence-electron chi connectivity index (χ4n) is 3.45. The maximum atomic E-state index is 5.81. The number of nitrogen functional groups attached to an aromatic ring is 1. The highest BCUT2D eigenvalue weighted by atomic mass is 14.5. The van der Waals surface area contributed by atoms with Gasteiger partial charge in [0.05, 0.1) is 0 Å². The van der Waals surface area contributed by atoms with Gasteiger partial charge in [0, 0.05) is 5.69 Å². The Labute approximate surface area is 157 Å². The second kappa shape index (κ2) is 8.71. The van der Waals surface area contributed by atoms with Gasteiger partial charge in [0.1, 0.15) is 0 Å². The molecule has 0 saturated heterocycles. The molecule has 1 heteroatoms. The van der Waals surface area contributed by atoms with Crippen LogP contribution in [0.3, 0.4) is 0 Å². The third-order valence-electron chi connectivity index (χ3n) is 5.06. The Balaban J connectivity index is 1.84. The van der Waals surface area contributed by atoms with Gasteiger partial charge in [0.2, 0.25) is 0 Å². The van der Waals surface area contributed by atoms with E-state index in [1.165, 1.54) is 59.1 Å². The zero-order valence-electron chi connectivity index (χ0n) is 16.0. The van der Waals surface area contributed by atoms with Crippen molar-refractivity contribution in [3.05, 3.63) is 77.9 Å². The van der Waals surface area contributed by atoms with Crippen LogP contribution in [-0.4, -0.2) is 0 Å². The van der Waals surface area contributed by atoms with E-state index in [0.29, 0.717) is 0 Å². The van der Waals surface area contributed by atoms with Gasteiger partial charge in [-0.3, -0.25) is 0 Å². The van der Waals surface area contributed by atoms with Crippen molar-refractivity contribution in [2.24, 2.45) is 0 Å². The van der Waals surface area contributed by atoms with Crippen LogP contribution in [0.25, 0.3) is 22.3 Å². The zero-order chi connectivity index (χ0) is 18.4. The topological polar surface area (TPSA) is 26.0 Å². The van der Waals surface area contributed by atoms with Gasteiger partial charge in [-0.05, 0) is 64.8 Å². The maximum Gasteiger partial charge on any atom is 0.0314 e. The molecule has 0 saturated carbocycles. The average Bonchev–Trinajstić information content (AvgIpc) is 2.69. The lowest BCUT2D eigenvalue weighted by molar-refractivity contribution is 0.717. The summed E-state index contributed by atoms with van der Waals surface area (Å²) in [5.41, 5.74) is 14.6. The summed E-state index contributed by atoms with van der Waals surface area (Å²) in [6.07, 6.45) is 6.08. The van der Waals surface area contributed by atoms with Crippen LogP contribution < -0.4 is 5.73 Å². The van der Waals surface area contributed by atoms with Crippen molar-refractivity contribution in [1.29, 1.82) is 0 Å². The number of rotatable bonds is 7. The van der Waals surface area contributed by atoms with Crippen LogP contribution in [0.2, 0.25) is 0 Å². The summed E-state index contributed by atoms with van der Waals surface area (Å²) >= 11 is 0. The molecule has 0 aliphatic carbocycles. The van der Waals surface area contributed by atoms with E-state index in [1.807, 2.05) is 12.1 Å². The maximum absolute atomic E-state index is 5.81. The molecular weight excluding hydrogens is 314 g/mol. The lowest BCUT2D eigenvalue weighted by atomic mass is 9.93. The number of nitrogens with two attached hydrogens (primary N) is 1. The number of unbranched alkanes of at least 4 members (excludes halogenated alkanes) is 2. The number of benzene rings is 3. The first-order valence-electron chi connectivity index (χ1n) is 9.79. The molecule has 0 fully saturated rings. The molecule has 3 aromatic carbocycles. The lowest BCUT2D eigenvalue weighted by Crippen LogP contribution is -1.91. The normalized spacial score (nSPS) is 10.8. The van der Waals surface area contributed by atoms with Crippen molar-refractivity contribution in [2.75, 3.05) is 5.73 Å². The van der Waals surface area contributed by atoms with Crippen molar-refractivity contribution in [1.82, 2.24) is 0 Å². The molecule has 0 aromatic heterocycles. The minimum absolute atomic E-state index is 0.806. The van der Waals surface area contributed by atoms with Gasteiger partial charge in [-0.15, -0.1) is 0 Å². The predicted octanol–water partition coefficient (Wildman–Crippen LogP) is 6.90. The molecule has 0 atom stereocenters. The van der Waals surface area contributed by atoms with Crippen LogP contribution in [0.5, 0.6) is 0 Å². The fraction of sp³-hybridized carbons (Fsp3) is 0.280. The van der Waals surface area contributed by atoms with E-state index >= 15 is 0 Å². The second-order valence-electron chi connectivity index (χ2n) is 7.00. The van der Waals surface area contributed by atoms with Crippen LogP contribution >= 0.6 is 0 Å². The molecule has 0 heterocycles. The molecule has 0 unspecified atom stereocenters. The van der Waals surface area contributed by atoms with E-state index in [1.54, 1.807) is 0 Å². The molecule has 1 nitrogen and oxygen atoms in total. The van der Waals surface area contributed by atoms with Gasteiger partial charge in [-0.2, -0.15) is 0 Å². The Bertz CT molecular complexity index is 829. The number of aryl methyl sites for hydroxylation is 2. The third kappa shape index (κ3) is 4.35. The SMILES string of the molecule is CCCCCc1ccc(-c2ccc(-c3ccc(N)cc3)cc2CC)cc1. The summed E-state index contributed by atoms with van der Waals surface area (Å²) in [4.78, 5) is 0. The fourth-order valence-corrected chi connectivity index (χ4v) is 3.45. The Hall–Kier alpha value is -2.54. The van der Waals surface area contributed by atoms with Gasteiger partial charge in [-0.1, -0.05) is 81.3 Å². The number of anilines is 1. The molecule has 26 heavy (non-hydrogen) atoms. The summed E-state index contributed by atoms with van der Waals surface area (Å²) in [7, 11) is 0. The highest BCUT2D eigenvalue weighted by molar-refractivity contribution is 5.74. The van der Waals surface area contributed by atoms with Crippen LogP contribution in [0.1, 0.15) is 44.2 Å². The van der Waals surface area contributed by atoms with Crippen molar-refractivity contribution < 1.29 is 0 Å². The van der Waals surface area contributed by atoms with E-state index in [4.69, 9.17) is 5.73 Å². The summed E-state index contributed by atoms with van der Waals surface area (Å²) in [5.74, 6) is 0. The molecule has 2 N–H and O–H groups in total. The molecule has 134 valence electrons. The summed E-state index contributed by atoms with van der Waals surface area (Å²) in [6.45, 7) is 4.48. The lowest BCUT2D eigenvalue weighted by Gasteiger charge is -2.12. The minimum atomic E-state index is 0.806. The van der Waals surface area contributed by atoms with E-state index in [9.17, 15) is 0 Å². The Morgan fingerprint density at radius 1 is 0.692 bits per heavy atom. The van der Waals surface area contributed by atoms with Gasteiger partial charge in [0.25, 0.3) is 0 Å². The smallest absolute Gasteiger partial charge is 0.0314 e. The van der Waals surface area contributed by atoms with Crippen LogP contribution in [0.15, 0.2) is 66.7 Å². The average molecular weight is 344 g/mol. The van der Waals surface area contributed by atoms with E-state index in [0.717, 1.165) is 12.1 Å². The summed E-state index contributed by atoms with van der Waals surface area (Å²) < 4.78 is 0. The van der Waals surface area contributed by atoms with Crippen molar-refractivity contribution in [3.63, 3.8) is 0 Å². The predicted molar refractivity (Wildman–Crippen MR) is 114 cm³/mol. The molecule has 0 amide bonds. The van der Waals surface area contributed by atoms with Crippen LogP contribution in [-0.2, 0) is 12.8 Å².